The Morgan fingerprint density at radius 1 is 1.00 bits per heavy atom. The fraction of sp³-hybridized carbons (Fsp3) is 0.391. The Morgan fingerprint density at radius 3 is 2.69 bits per heavy atom. The Kier molecular flexibility index (Phi) is 4.94. The second-order valence-electron chi connectivity index (χ2n) is 7.81. The van der Waals surface area contributed by atoms with E-state index >= 15 is 0 Å². The maximum Gasteiger partial charge on any atom is 0.161 e. The molecule has 1 aromatic carbocycles. The van der Waals surface area contributed by atoms with Crippen LogP contribution < -0.4 is 9.47 Å². The van der Waals surface area contributed by atoms with E-state index in [4.69, 9.17) is 14.5 Å². The standard InChI is InChI=1S/C23H26N4O2/c1-17-14-25-23(27(17)16-18-6-8-24-9-7-18)20-3-2-10-26(20)15-19-4-5-21-22(13-19)29-12-11-28-21/h4-9,13-14,20H,2-3,10-12,15-16H2,1H3. The number of fused-ring (bicyclic) bond motifs is 1. The zero-order valence-electron chi connectivity index (χ0n) is 16.8. The molecule has 1 fully saturated rings. The van der Waals surface area contributed by atoms with Crippen LogP contribution in [0, 0.1) is 6.92 Å². The third-order valence-electron chi connectivity index (χ3n) is 5.83. The van der Waals surface area contributed by atoms with Crippen LogP contribution in [-0.2, 0) is 13.1 Å². The summed E-state index contributed by atoms with van der Waals surface area (Å²) < 4.78 is 13.8. The van der Waals surface area contributed by atoms with Crippen molar-refractivity contribution in [2.45, 2.75) is 38.9 Å². The fourth-order valence-corrected chi connectivity index (χ4v) is 4.35. The minimum absolute atomic E-state index is 0.332. The molecule has 0 spiro atoms. The Balaban J connectivity index is 1.37. The molecule has 0 amide bonds. The van der Waals surface area contributed by atoms with E-state index in [0.717, 1.165) is 43.4 Å². The Morgan fingerprint density at radius 2 is 1.83 bits per heavy atom. The molecule has 1 saturated heterocycles. The van der Waals surface area contributed by atoms with Gasteiger partial charge in [-0.25, -0.2) is 4.98 Å². The summed E-state index contributed by atoms with van der Waals surface area (Å²) in [5.74, 6) is 2.87. The van der Waals surface area contributed by atoms with Crippen molar-refractivity contribution < 1.29 is 9.47 Å². The van der Waals surface area contributed by atoms with Crippen molar-refractivity contribution in [3.63, 3.8) is 0 Å². The van der Waals surface area contributed by atoms with E-state index in [1.807, 2.05) is 24.7 Å². The first kappa shape index (κ1) is 18.2. The van der Waals surface area contributed by atoms with Crippen LogP contribution >= 0.6 is 0 Å². The van der Waals surface area contributed by atoms with Gasteiger partial charge in [-0.3, -0.25) is 9.88 Å². The quantitative estimate of drug-likeness (QED) is 0.664. The predicted molar refractivity (Wildman–Crippen MR) is 110 cm³/mol. The molecule has 29 heavy (non-hydrogen) atoms. The van der Waals surface area contributed by atoms with Crippen LogP contribution in [-0.4, -0.2) is 39.2 Å². The van der Waals surface area contributed by atoms with Crippen molar-refractivity contribution in [1.29, 1.82) is 0 Å². The number of benzene rings is 1. The number of pyridine rings is 1. The summed E-state index contributed by atoms with van der Waals surface area (Å²) in [7, 11) is 0. The molecule has 0 saturated carbocycles. The summed E-state index contributed by atoms with van der Waals surface area (Å²) in [6.07, 6.45) is 8.03. The first-order chi connectivity index (χ1) is 14.3. The Labute approximate surface area is 171 Å². The van der Waals surface area contributed by atoms with E-state index < -0.39 is 0 Å². The molecule has 6 nitrogen and oxygen atoms in total. The van der Waals surface area contributed by atoms with E-state index in [1.54, 1.807) is 0 Å². The van der Waals surface area contributed by atoms with Gasteiger partial charge in [-0.1, -0.05) is 6.07 Å². The largest absolute Gasteiger partial charge is 0.486 e. The molecule has 1 atom stereocenters. The van der Waals surface area contributed by atoms with Crippen molar-refractivity contribution in [2.24, 2.45) is 0 Å². The maximum absolute atomic E-state index is 5.76. The van der Waals surface area contributed by atoms with E-state index in [2.05, 4.69) is 45.6 Å². The SMILES string of the molecule is Cc1cnc(C2CCCN2Cc2ccc3c(c2)OCCO3)n1Cc1ccncc1. The van der Waals surface area contributed by atoms with Gasteiger partial charge in [0.25, 0.3) is 0 Å². The normalized spacial score (nSPS) is 18.9. The molecule has 0 N–H and O–H groups in total. The van der Waals surface area contributed by atoms with Gasteiger partial charge in [-0.15, -0.1) is 0 Å². The topological polar surface area (TPSA) is 52.4 Å². The van der Waals surface area contributed by atoms with Gasteiger partial charge < -0.3 is 14.0 Å². The third-order valence-corrected chi connectivity index (χ3v) is 5.83. The van der Waals surface area contributed by atoms with Crippen LogP contribution in [0.25, 0.3) is 0 Å². The van der Waals surface area contributed by atoms with E-state index in [-0.39, 0.29) is 0 Å². The van der Waals surface area contributed by atoms with Gasteiger partial charge >= 0.3 is 0 Å². The highest BCUT2D eigenvalue weighted by atomic mass is 16.6. The van der Waals surface area contributed by atoms with Crippen molar-refractivity contribution in [3.05, 3.63) is 71.6 Å². The predicted octanol–water partition coefficient (Wildman–Crippen LogP) is 3.74. The van der Waals surface area contributed by atoms with Crippen molar-refractivity contribution in [1.82, 2.24) is 19.4 Å². The monoisotopic (exact) mass is 390 g/mol. The maximum atomic E-state index is 5.76. The molecule has 0 radical (unpaired) electrons. The number of nitrogens with zero attached hydrogens (tertiary/aromatic N) is 4. The van der Waals surface area contributed by atoms with Crippen LogP contribution in [0.15, 0.2) is 48.9 Å². The Hall–Kier alpha value is -2.86. The summed E-state index contributed by atoms with van der Waals surface area (Å²) in [5, 5.41) is 0. The summed E-state index contributed by atoms with van der Waals surface area (Å²) >= 11 is 0. The highest BCUT2D eigenvalue weighted by Crippen LogP contribution is 2.35. The number of likely N-dealkylation sites (tertiary alicyclic amines) is 1. The molecule has 4 heterocycles. The number of rotatable bonds is 5. The lowest BCUT2D eigenvalue weighted by atomic mass is 10.1. The summed E-state index contributed by atoms with van der Waals surface area (Å²) in [5.41, 5.74) is 3.70. The lowest BCUT2D eigenvalue weighted by Gasteiger charge is -2.26. The average Bonchev–Trinajstić information content (AvgIpc) is 3.35. The third kappa shape index (κ3) is 3.72. The second kappa shape index (κ2) is 7.87. The lowest BCUT2D eigenvalue weighted by molar-refractivity contribution is 0.170. The van der Waals surface area contributed by atoms with Crippen LogP contribution in [0.5, 0.6) is 11.5 Å². The van der Waals surface area contributed by atoms with Crippen LogP contribution in [0.3, 0.4) is 0 Å². The van der Waals surface area contributed by atoms with Gasteiger partial charge in [0.2, 0.25) is 0 Å². The highest BCUT2D eigenvalue weighted by Gasteiger charge is 2.30. The van der Waals surface area contributed by atoms with Crippen molar-refractivity contribution in [2.75, 3.05) is 19.8 Å². The zero-order chi connectivity index (χ0) is 19.6. The molecular weight excluding hydrogens is 364 g/mol. The summed E-state index contributed by atoms with van der Waals surface area (Å²) in [6, 6.07) is 10.8. The van der Waals surface area contributed by atoms with Gasteiger partial charge in [0.15, 0.2) is 11.5 Å². The molecule has 0 aliphatic carbocycles. The molecule has 5 rings (SSSR count). The van der Waals surface area contributed by atoms with E-state index in [0.29, 0.717) is 19.3 Å². The molecule has 6 heteroatoms. The second-order valence-corrected chi connectivity index (χ2v) is 7.81. The van der Waals surface area contributed by atoms with Crippen LogP contribution in [0.1, 0.15) is 41.5 Å². The molecule has 2 aliphatic rings. The average molecular weight is 390 g/mol. The molecule has 2 aliphatic heterocycles. The fourth-order valence-electron chi connectivity index (χ4n) is 4.35. The van der Waals surface area contributed by atoms with Crippen LogP contribution in [0.2, 0.25) is 0 Å². The first-order valence-corrected chi connectivity index (χ1v) is 10.3. The lowest BCUT2D eigenvalue weighted by Crippen LogP contribution is -2.26. The zero-order valence-corrected chi connectivity index (χ0v) is 16.8. The molecule has 0 bridgehead atoms. The Bertz CT molecular complexity index is 986. The highest BCUT2D eigenvalue weighted by molar-refractivity contribution is 5.43. The number of ether oxygens (including phenoxy) is 2. The van der Waals surface area contributed by atoms with Gasteiger partial charge in [0.05, 0.1) is 6.04 Å². The van der Waals surface area contributed by atoms with Crippen LogP contribution in [0.4, 0.5) is 0 Å². The van der Waals surface area contributed by atoms with E-state index in [9.17, 15) is 0 Å². The van der Waals surface area contributed by atoms with E-state index in [1.165, 1.54) is 23.2 Å². The minimum Gasteiger partial charge on any atom is -0.486 e. The van der Waals surface area contributed by atoms with Gasteiger partial charge in [-0.2, -0.15) is 0 Å². The van der Waals surface area contributed by atoms with Crippen molar-refractivity contribution in [3.8, 4) is 11.5 Å². The molecule has 2 aromatic heterocycles. The number of hydrogen-bond donors (Lipinski definition) is 0. The number of imidazole rings is 1. The van der Waals surface area contributed by atoms with Gasteiger partial charge in [0, 0.05) is 37.4 Å². The molecule has 1 unspecified atom stereocenters. The minimum atomic E-state index is 0.332. The summed E-state index contributed by atoms with van der Waals surface area (Å²) in [4.78, 5) is 11.5. The molecule has 3 aromatic rings. The van der Waals surface area contributed by atoms with Gasteiger partial charge in [-0.05, 0) is 61.7 Å². The van der Waals surface area contributed by atoms with Gasteiger partial charge in [0.1, 0.15) is 19.0 Å². The van der Waals surface area contributed by atoms with Crippen molar-refractivity contribution >= 4 is 0 Å². The number of hydrogen-bond acceptors (Lipinski definition) is 5. The number of aromatic nitrogens is 3. The summed E-state index contributed by atoms with van der Waals surface area (Å²) in [6.45, 7) is 6.19. The number of aryl methyl sites for hydroxylation is 1. The first-order valence-electron chi connectivity index (χ1n) is 10.3. The molecule has 150 valence electrons. The molecular formula is C23H26N4O2. The smallest absolute Gasteiger partial charge is 0.161 e.